The first-order valence-electron chi connectivity index (χ1n) is 12.9. The first kappa shape index (κ1) is 32.8. The highest BCUT2D eigenvalue weighted by molar-refractivity contribution is 7.59. The van der Waals surface area contributed by atoms with Crippen LogP contribution in [-0.2, 0) is 16.1 Å². The zero-order valence-corrected chi connectivity index (χ0v) is 25.8. The summed E-state index contributed by atoms with van der Waals surface area (Å²) in [6, 6.07) is 21.4. The number of fused-ring (bicyclic) bond motifs is 1. The van der Waals surface area contributed by atoms with Crippen LogP contribution in [0.15, 0.2) is 66.7 Å². The molecule has 40 heavy (non-hydrogen) atoms. The summed E-state index contributed by atoms with van der Waals surface area (Å²) in [6.07, 6.45) is -0.697. The summed E-state index contributed by atoms with van der Waals surface area (Å²) in [6.45, 7) is 10.5. The van der Waals surface area contributed by atoms with Crippen molar-refractivity contribution in [3.63, 3.8) is 0 Å². The lowest BCUT2D eigenvalue weighted by atomic mass is 9.98. The molecule has 0 saturated heterocycles. The SMILES string of the molecule is COC(=O)[C@H](C)Oc1cccc(Cn2c(C)nc3cc(C(=O)N[C@@H](C)c4cccc(C(C)C)c4)ccc32)c1.S.S. The van der Waals surface area contributed by atoms with Gasteiger partial charge in [0, 0.05) is 12.1 Å². The quantitative estimate of drug-likeness (QED) is 0.239. The molecule has 7 nitrogen and oxygen atoms in total. The van der Waals surface area contributed by atoms with Gasteiger partial charge in [0.15, 0.2) is 6.10 Å². The molecule has 0 spiro atoms. The van der Waals surface area contributed by atoms with E-state index < -0.39 is 12.1 Å². The van der Waals surface area contributed by atoms with Crippen molar-refractivity contribution in [1.29, 1.82) is 0 Å². The molecule has 0 aliphatic carbocycles. The predicted octanol–water partition coefficient (Wildman–Crippen LogP) is 6.17. The standard InChI is InChI=1S/C31H35N3O4.2H2S/c1-19(2)24-10-8-11-25(16-24)20(3)32-30(35)26-13-14-29-28(17-26)33-22(5)34(29)18-23-9-7-12-27(15-23)38-21(4)31(36)37-6;;/h7-17,19-21H,18H2,1-6H3,(H,32,35);2*1H2/t20-,21-;;/m0../s1. The molecule has 1 aromatic heterocycles. The molecule has 0 fully saturated rings. The van der Waals surface area contributed by atoms with Crippen LogP contribution < -0.4 is 10.1 Å². The van der Waals surface area contributed by atoms with Gasteiger partial charge >= 0.3 is 5.97 Å². The fourth-order valence-electron chi connectivity index (χ4n) is 4.46. The topological polar surface area (TPSA) is 82.5 Å². The van der Waals surface area contributed by atoms with Gasteiger partial charge < -0.3 is 19.4 Å². The molecule has 1 amide bonds. The van der Waals surface area contributed by atoms with Gasteiger partial charge in [0.25, 0.3) is 5.91 Å². The van der Waals surface area contributed by atoms with Crippen LogP contribution >= 0.6 is 27.0 Å². The van der Waals surface area contributed by atoms with Gasteiger partial charge in [-0.2, -0.15) is 27.0 Å². The number of imidazole rings is 1. The molecule has 0 aliphatic heterocycles. The second-order valence-corrected chi connectivity index (χ2v) is 9.90. The second kappa shape index (κ2) is 14.3. The van der Waals surface area contributed by atoms with Crippen molar-refractivity contribution in [2.24, 2.45) is 0 Å². The third kappa shape index (κ3) is 7.61. The van der Waals surface area contributed by atoms with Crippen molar-refractivity contribution < 1.29 is 19.1 Å². The summed E-state index contributed by atoms with van der Waals surface area (Å²) in [5, 5.41) is 3.12. The first-order chi connectivity index (χ1) is 18.2. The number of benzene rings is 3. The minimum absolute atomic E-state index is 0. The van der Waals surface area contributed by atoms with Crippen LogP contribution in [0.2, 0.25) is 0 Å². The second-order valence-electron chi connectivity index (χ2n) is 9.90. The summed E-state index contributed by atoms with van der Waals surface area (Å²) in [7, 11) is 1.34. The monoisotopic (exact) mass is 581 g/mol. The van der Waals surface area contributed by atoms with Crippen LogP contribution in [0.3, 0.4) is 0 Å². The fourth-order valence-corrected chi connectivity index (χ4v) is 4.46. The average Bonchev–Trinajstić information content (AvgIpc) is 3.22. The first-order valence-corrected chi connectivity index (χ1v) is 12.9. The highest BCUT2D eigenvalue weighted by atomic mass is 32.1. The number of amides is 1. The molecule has 0 aliphatic rings. The van der Waals surface area contributed by atoms with Gasteiger partial charge in [0.05, 0.1) is 24.2 Å². The number of aromatic nitrogens is 2. The van der Waals surface area contributed by atoms with Gasteiger partial charge in [-0.25, -0.2) is 9.78 Å². The molecular weight excluding hydrogens is 542 g/mol. The van der Waals surface area contributed by atoms with Gasteiger partial charge in [0.1, 0.15) is 11.6 Å². The molecule has 2 atom stereocenters. The van der Waals surface area contributed by atoms with Gasteiger partial charge in [-0.3, -0.25) is 4.79 Å². The fraction of sp³-hybridized carbons (Fsp3) is 0.323. The van der Waals surface area contributed by atoms with E-state index in [1.54, 1.807) is 6.92 Å². The number of esters is 1. The summed E-state index contributed by atoms with van der Waals surface area (Å²) in [5.41, 5.74) is 5.60. The number of hydrogen-bond donors (Lipinski definition) is 1. The number of nitrogens with zero attached hydrogens (tertiary/aromatic N) is 2. The summed E-state index contributed by atoms with van der Waals surface area (Å²) in [4.78, 5) is 29.5. The Bertz CT molecular complexity index is 1470. The van der Waals surface area contributed by atoms with Crippen LogP contribution in [-0.4, -0.2) is 34.6 Å². The number of ether oxygens (including phenoxy) is 2. The Morgan fingerprint density at radius 2 is 1.62 bits per heavy atom. The Labute approximate surface area is 250 Å². The molecule has 4 rings (SSSR count). The van der Waals surface area contributed by atoms with E-state index in [1.807, 2.05) is 68.4 Å². The van der Waals surface area contributed by atoms with Crippen LogP contribution in [0.25, 0.3) is 11.0 Å². The summed E-state index contributed by atoms with van der Waals surface area (Å²) >= 11 is 0. The number of rotatable bonds is 9. The Hall–Kier alpha value is -3.43. The van der Waals surface area contributed by atoms with Gasteiger partial charge in [-0.05, 0) is 73.7 Å². The molecule has 0 unspecified atom stereocenters. The molecule has 0 radical (unpaired) electrons. The highest BCUT2D eigenvalue weighted by Crippen LogP contribution is 2.23. The van der Waals surface area contributed by atoms with E-state index in [1.165, 1.54) is 12.7 Å². The van der Waals surface area contributed by atoms with Crippen molar-refractivity contribution in [2.75, 3.05) is 7.11 Å². The number of carbonyl (C=O) groups is 2. The third-order valence-corrected chi connectivity index (χ3v) is 6.71. The largest absolute Gasteiger partial charge is 0.479 e. The Kier molecular flexibility index (Phi) is 11.7. The van der Waals surface area contributed by atoms with E-state index in [0.29, 0.717) is 23.8 Å². The van der Waals surface area contributed by atoms with Crippen molar-refractivity contribution in [3.05, 3.63) is 94.8 Å². The Morgan fingerprint density at radius 1 is 0.925 bits per heavy atom. The smallest absolute Gasteiger partial charge is 0.346 e. The van der Waals surface area contributed by atoms with Gasteiger partial charge in [-0.15, -0.1) is 0 Å². The number of hydrogen-bond acceptors (Lipinski definition) is 5. The minimum atomic E-state index is -0.697. The molecule has 9 heteroatoms. The molecule has 1 N–H and O–H groups in total. The lowest BCUT2D eigenvalue weighted by molar-refractivity contribution is -0.147. The zero-order chi connectivity index (χ0) is 27.4. The van der Waals surface area contributed by atoms with Crippen molar-refractivity contribution in [3.8, 4) is 5.75 Å². The minimum Gasteiger partial charge on any atom is -0.479 e. The Morgan fingerprint density at radius 3 is 2.33 bits per heavy atom. The average molecular weight is 582 g/mol. The van der Waals surface area contributed by atoms with Crippen molar-refractivity contribution >= 4 is 49.9 Å². The normalized spacial score (nSPS) is 12.2. The maximum atomic E-state index is 13.1. The Balaban J connectivity index is 0.00000280. The van der Waals surface area contributed by atoms with Crippen LogP contribution in [0.5, 0.6) is 5.75 Å². The molecule has 214 valence electrons. The number of nitrogens with one attached hydrogen (secondary N) is 1. The predicted molar refractivity (Wildman–Crippen MR) is 169 cm³/mol. The van der Waals surface area contributed by atoms with E-state index in [0.717, 1.165) is 28.0 Å². The van der Waals surface area contributed by atoms with E-state index in [-0.39, 0.29) is 38.9 Å². The number of carbonyl (C=O) groups excluding carboxylic acids is 2. The van der Waals surface area contributed by atoms with Crippen molar-refractivity contribution in [2.45, 2.75) is 59.2 Å². The van der Waals surface area contributed by atoms with Crippen molar-refractivity contribution in [1.82, 2.24) is 14.9 Å². The molecule has 3 aromatic carbocycles. The van der Waals surface area contributed by atoms with Gasteiger partial charge in [0.2, 0.25) is 0 Å². The van der Waals surface area contributed by atoms with E-state index in [9.17, 15) is 9.59 Å². The lowest BCUT2D eigenvalue weighted by Gasteiger charge is -2.16. The summed E-state index contributed by atoms with van der Waals surface area (Å²) < 4.78 is 12.6. The maximum absolute atomic E-state index is 13.1. The van der Waals surface area contributed by atoms with Crippen LogP contribution in [0.4, 0.5) is 0 Å². The van der Waals surface area contributed by atoms with E-state index in [4.69, 9.17) is 14.5 Å². The molecule has 0 bridgehead atoms. The molecule has 1 heterocycles. The zero-order valence-electron chi connectivity index (χ0n) is 23.8. The number of aryl methyl sites for hydroxylation is 1. The van der Waals surface area contributed by atoms with E-state index >= 15 is 0 Å². The molecule has 0 saturated carbocycles. The maximum Gasteiger partial charge on any atom is 0.346 e. The summed E-state index contributed by atoms with van der Waals surface area (Å²) in [5.74, 6) is 1.30. The van der Waals surface area contributed by atoms with E-state index in [2.05, 4.69) is 35.9 Å². The van der Waals surface area contributed by atoms with Crippen LogP contribution in [0, 0.1) is 6.92 Å². The molecule has 4 aromatic rings. The lowest BCUT2D eigenvalue weighted by Crippen LogP contribution is -2.26. The highest BCUT2D eigenvalue weighted by Gasteiger charge is 2.17. The van der Waals surface area contributed by atoms with Crippen LogP contribution in [0.1, 0.15) is 72.5 Å². The third-order valence-electron chi connectivity index (χ3n) is 6.71. The number of methoxy groups -OCH3 is 1. The molecular formula is C31H39N3O4S2. The van der Waals surface area contributed by atoms with Gasteiger partial charge in [-0.1, -0.05) is 50.2 Å².